The summed E-state index contributed by atoms with van der Waals surface area (Å²) in [5, 5.41) is 6.61. The standard InChI is InChI=1S/C19H34N4O2S.HI/c1-5-21-19(22-12-7-6-9-16(2)3)23-14-17-10-8-11-18(13-17)15-26(24,25)20-4;/h8,10-11,13,16,20H,5-7,9,12,14-15H2,1-4H3,(H2,21,22,23);1H. The summed E-state index contributed by atoms with van der Waals surface area (Å²) in [7, 11) is -1.83. The topological polar surface area (TPSA) is 82.6 Å². The highest BCUT2D eigenvalue weighted by molar-refractivity contribution is 14.0. The zero-order chi connectivity index (χ0) is 19.4. The van der Waals surface area contributed by atoms with Crippen molar-refractivity contribution >= 4 is 40.0 Å². The van der Waals surface area contributed by atoms with Crippen molar-refractivity contribution in [3.63, 3.8) is 0 Å². The normalized spacial score (nSPS) is 12.0. The molecule has 0 aliphatic rings. The summed E-state index contributed by atoms with van der Waals surface area (Å²) in [6.07, 6.45) is 3.59. The van der Waals surface area contributed by atoms with Crippen LogP contribution in [-0.4, -0.2) is 34.5 Å². The number of hydrogen-bond donors (Lipinski definition) is 3. The molecule has 0 saturated heterocycles. The molecule has 0 atom stereocenters. The number of aliphatic imine (C=N–C) groups is 1. The number of hydrogen-bond acceptors (Lipinski definition) is 3. The predicted molar refractivity (Wildman–Crippen MR) is 125 cm³/mol. The number of rotatable bonds is 11. The molecular formula is C19H35IN4O2S. The third-order valence-electron chi connectivity index (χ3n) is 3.92. The molecule has 0 heterocycles. The SMILES string of the molecule is CCNC(=NCc1cccc(CS(=O)(=O)NC)c1)NCCCCC(C)C.I. The van der Waals surface area contributed by atoms with E-state index in [4.69, 9.17) is 0 Å². The van der Waals surface area contributed by atoms with Crippen molar-refractivity contribution in [2.24, 2.45) is 10.9 Å². The molecule has 0 bridgehead atoms. The van der Waals surface area contributed by atoms with Crippen LogP contribution in [0.4, 0.5) is 0 Å². The molecule has 0 fully saturated rings. The molecule has 8 heteroatoms. The van der Waals surface area contributed by atoms with E-state index in [1.807, 2.05) is 31.2 Å². The van der Waals surface area contributed by atoms with E-state index in [2.05, 4.69) is 34.2 Å². The summed E-state index contributed by atoms with van der Waals surface area (Å²) in [4.78, 5) is 4.60. The Morgan fingerprint density at radius 3 is 2.48 bits per heavy atom. The molecule has 0 radical (unpaired) electrons. The van der Waals surface area contributed by atoms with Crippen LogP contribution >= 0.6 is 24.0 Å². The summed E-state index contributed by atoms with van der Waals surface area (Å²) < 4.78 is 25.7. The third kappa shape index (κ3) is 12.2. The third-order valence-corrected chi connectivity index (χ3v) is 5.26. The van der Waals surface area contributed by atoms with Crippen LogP contribution in [0.3, 0.4) is 0 Å². The molecule has 1 aromatic carbocycles. The molecule has 27 heavy (non-hydrogen) atoms. The fourth-order valence-electron chi connectivity index (χ4n) is 2.51. The largest absolute Gasteiger partial charge is 0.357 e. The fourth-order valence-corrected chi connectivity index (χ4v) is 3.27. The van der Waals surface area contributed by atoms with Gasteiger partial charge in [-0.1, -0.05) is 51.0 Å². The van der Waals surface area contributed by atoms with Crippen LogP contribution in [0.2, 0.25) is 0 Å². The van der Waals surface area contributed by atoms with Crippen LogP contribution in [0.15, 0.2) is 29.3 Å². The van der Waals surface area contributed by atoms with Crippen molar-refractivity contribution < 1.29 is 8.42 Å². The molecule has 0 unspecified atom stereocenters. The van der Waals surface area contributed by atoms with Crippen LogP contribution in [0.1, 0.15) is 51.2 Å². The van der Waals surface area contributed by atoms with Gasteiger partial charge in [0.05, 0.1) is 12.3 Å². The van der Waals surface area contributed by atoms with Gasteiger partial charge in [-0.2, -0.15) is 0 Å². The lowest BCUT2D eigenvalue weighted by Crippen LogP contribution is -2.37. The van der Waals surface area contributed by atoms with E-state index in [-0.39, 0.29) is 29.7 Å². The van der Waals surface area contributed by atoms with Gasteiger partial charge in [0, 0.05) is 13.1 Å². The fraction of sp³-hybridized carbons (Fsp3) is 0.632. The first kappa shape index (κ1) is 26.1. The minimum atomic E-state index is -3.26. The summed E-state index contributed by atoms with van der Waals surface area (Å²) in [5.41, 5.74) is 1.75. The second-order valence-corrected chi connectivity index (χ2v) is 8.72. The maximum atomic E-state index is 11.7. The molecule has 0 amide bonds. The van der Waals surface area contributed by atoms with Gasteiger partial charge in [0.15, 0.2) is 5.96 Å². The molecule has 0 spiro atoms. The molecule has 0 aromatic heterocycles. The van der Waals surface area contributed by atoms with Crippen LogP contribution in [0, 0.1) is 5.92 Å². The van der Waals surface area contributed by atoms with E-state index >= 15 is 0 Å². The van der Waals surface area contributed by atoms with E-state index in [0.29, 0.717) is 6.54 Å². The molecule has 1 aromatic rings. The molecule has 6 nitrogen and oxygen atoms in total. The van der Waals surface area contributed by atoms with Gasteiger partial charge in [0.25, 0.3) is 0 Å². The molecule has 0 aliphatic carbocycles. The Balaban J connectivity index is 0.00000676. The van der Waals surface area contributed by atoms with Gasteiger partial charge in [-0.25, -0.2) is 18.1 Å². The number of unbranched alkanes of at least 4 members (excludes halogenated alkanes) is 1. The summed E-state index contributed by atoms with van der Waals surface area (Å²) in [6.45, 7) is 8.75. The van der Waals surface area contributed by atoms with Gasteiger partial charge in [-0.05, 0) is 37.4 Å². The average Bonchev–Trinajstić information content (AvgIpc) is 2.59. The minimum absolute atomic E-state index is 0. The van der Waals surface area contributed by atoms with Crippen LogP contribution in [-0.2, 0) is 22.3 Å². The Labute approximate surface area is 182 Å². The van der Waals surface area contributed by atoms with Gasteiger partial charge in [-0.15, -0.1) is 24.0 Å². The van der Waals surface area contributed by atoms with E-state index in [0.717, 1.165) is 42.5 Å². The first-order valence-corrected chi connectivity index (χ1v) is 11.0. The van der Waals surface area contributed by atoms with E-state index in [1.165, 1.54) is 19.9 Å². The van der Waals surface area contributed by atoms with Crippen molar-refractivity contribution in [2.75, 3.05) is 20.1 Å². The number of nitrogens with one attached hydrogen (secondary N) is 3. The maximum absolute atomic E-state index is 11.7. The molecule has 0 aliphatic heterocycles. The quantitative estimate of drug-likeness (QED) is 0.185. The van der Waals surface area contributed by atoms with Crippen LogP contribution < -0.4 is 15.4 Å². The lowest BCUT2D eigenvalue weighted by atomic mass is 10.1. The Kier molecular flexibility index (Phi) is 13.7. The summed E-state index contributed by atoms with van der Waals surface area (Å²) in [6, 6.07) is 7.55. The van der Waals surface area contributed by atoms with E-state index < -0.39 is 10.0 Å². The Hall–Kier alpha value is -0.870. The molecule has 1 rings (SSSR count). The monoisotopic (exact) mass is 510 g/mol. The van der Waals surface area contributed by atoms with E-state index in [1.54, 1.807) is 0 Å². The van der Waals surface area contributed by atoms with Gasteiger partial charge >= 0.3 is 0 Å². The maximum Gasteiger partial charge on any atom is 0.215 e. The van der Waals surface area contributed by atoms with Crippen molar-refractivity contribution in [2.45, 2.75) is 52.3 Å². The molecule has 0 saturated carbocycles. The molecule has 156 valence electrons. The predicted octanol–water partition coefficient (Wildman–Crippen LogP) is 3.24. The second kappa shape index (κ2) is 14.2. The lowest BCUT2D eigenvalue weighted by Gasteiger charge is -2.12. The smallest absolute Gasteiger partial charge is 0.215 e. The van der Waals surface area contributed by atoms with Crippen LogP contribution in [0.5, 0.6) is 0 Å². The summed E-state index contributed by atoms with van der Waals surface area (Å²) in [5.74, 6) is 1.52. The highest BCUT2D eigenvalue weighted by Gasteiger charge is 2.08. The number of benzene rings is 1. The first-order chi connectivity index (χ1) is 12.4. The zero-order valence-corrected chi connectivity index (χ0v) is 20.1. The molecular weight excluding hydrogens is 475 g/mol. The van der Waals surface area contributed by atoms with Crippen molar-refractivity contribution in [1.29, 1.82) is 0 Å². The van der Waals surface area contributed by atoms with Crippen LogP contribution in [0.25, 0.3) is 0 Å². The van der Waals surface area contributed by atoms with Crippen molar-refractivity contribution in [3.05, 3.63) is 35.4 Å². The van der Waals surface area contributed by atoms with E-state index in [9.17, 15) is 8.42 Å². The number of sulfonamides is 1. The lowest BCUT2D eigenvalue weighted by molar-refractivity contribution is 0.534. The van der Waals surface area contributed by atoms with Crippen molar-refractivity contribution in [3.8, 4) is 0 Å². The second-order valence-electron chi connectivity index (χ2n) is 6.79. The molecule has 3 N–H and O–H groups in total. The van der Waals surface area contributed by atoms with Gasteiger partial charge < -0.3 is 10.6 Å². The van der Waals surface area contributed by atoms with Gasteiger partial charge in [-0.3, -0.25) is 0 Å². The zero-order valence-electron chi connectivity index (χ0n) is 16.9. The van der Waals surface area contributed by atoms with Gasteiger partial charge in [0.1, 0.15) is 0 Å². The Morgan fingerprint density at radius 2 is 1.85 bits per heavy atom. The van der Waals surface area contributed by atoms with Crippen molar-refractivity contribution in [1.82, 2.24) is 15.4 Å². The first-order valence-electron chi connectivity index (χ1n) is 9.37. The minimum Gasteiger partial charge on any atom is -0.357 e. The number of guanidine groups is 1. The average molecular weight is 510 g/mol. The highest BCUT2D eigenvalue weighted by Crippen LogP contribution is 2.10. The van der Waals surface area contributed by atoms with Gasteiger partial charge in [0.2, 0.25) is 10.0 Å². The summed E-state index contributed by atoms with van der Waals surface area (Å²) >= 11 is 0. The highest BCUT2D eigenvalue weighted by atomic mass is 127. The number of nitrogens with zero attached hydrogens (tertiary/aromatic N) is 1. The number of halogens is 1. The Morgan fingerprint density at radius 1 is 1.15 bits per heavy atom. The Bertz CT molecular complexity index is 663.